The average molecular weight is 241 g/mol. The predicted octanol–water partition coefficient (Wildman–Crippen LogP) is 2.97. The standard InChI is InChI=1S/C10H18F3NS/c11-10(12,13)4-1-5-14-6-2-9(8-15)3-7-14/h9,15H,1-8H2. The van der Waals surface area contributed by atoms with E-state index in [0.29, 0.717) is 12.5 Å². The maximum absolute atomic E-state index is 11.9. The molecule has 0 radical (unpaired) electrons. The van der Waals surface area contributed by atoms with E-state index in [1.165, 1.54) is 0 Å². The zero-order valence-electron chi connectivity index (χ0n) is 8.76. The summed E-state index contributed by atoms with van der Waals surface area (Å²) in [5.74, 6) is 1.56. The highest BCUT2D eigenvalue weighted by molar-refractivity contribution is 7.80. The van der Waals surface area contributed by atoms with Crippen molar-refractivity contribution >= 4 is 12.6 Å². The summed E-state index contributed by atoms with van der Waals surface area (Å²) in [6.07, 6.45) is -2.26. The first-order valence-electron chi connectivity index (χ1n) is 5.41. The third-order valence-corrected chi connectivity index (χ3v) is 3.42. The second kappa shape index (κ2) is 5.99. The molecule has 0 atom stereocenters. The van der Waals surface area contributed by atoms with Gasteiger partial charge in [-0.2, -0.15) is 25.8 Å². The molecule has 0 N–H and O–H groups in total. The fourth-order valence-electron chi connectivity index (χ4n) is 1.90. The van der Waals surface area contributed by atoms with E-state index in [1.54, 1.807) is 0 Å². The van der Waals surface area contributed by atoms with Gasteiger partial charge >= 0.3 is 6.18 Å². The molecule has 0 aromatic heterocycles. The second-order valence-corrected chi connectivity index (χ2v) is 4.55. The Morgan fingerprint density at radius 3 is 2.27 bits per heavy atom. The summed E-state index contributed by atoms with van der Waals surface area (Å²) in [6, 6.07) is 0. The molecule has 15 heavy (non-hydrogen) atoms. The number of hydrogen-bond donors (Lipinski definition) is 1. The van der Waals surface area contributed by atoms with Crippen molar-refractivity contribution in [2.24, 2.45) is 5.92 Å². The van der Waals surface area contributed by atoms with Gasteiger partial charge in [0, 0.05) is 6.42 Å². The van der Waals surface area contributed by atoms with Crippen LogP contribution in [-0.2, 0) is 0 Å². The van der Waals surface area contributed by atoms with Gasteiger partial charge in [0.05, 0.1) is 0 Å². The maximum Gasteiger partial charge on any atom is 0.389 e. The smallest absolute Gasteiger partial charge is 0.303 e. The predicted molar refractivity (Wildman–Crippen MR) is 58.3 cm³/mol. The Balaban J connectivity index is 2.09. The minimum Gasteiger partial charge on any atom is -0.303 e. The number of likely N-dealkylation sites (tertiary alicyclic amines) is 1. The maximum atomic E-state index is 11.9. The monoisotopic (exact) mass is 241 g/mol. The Kier molecular flexibility index (Phi) is 5.26. The van der Waals surface area contributed by atoms with Crippen LogP contribution in [0.4, 0.5) is 13.2 Å². The topological polar surface area (TPSA) is 3.24 Å². The first-order valence-corrected chi connectivity index (χ1v) is 6.04. The summed E-state index contributed by atoms with van der Waals surface area (Å²) in [5.41, 5.74) is 0. The van der Waals surface area contributed by atoms with Crippen molar-refractivity contribution in [3.8, 4) is 0 Å². The normalized spacial score (nSPS) is 20.8. The van der Waals surface area contributed by atoms with E-state index >= 15 is 0 Å². The van der Waals surface area contributed by atoms with Gasteiger partial charge in [-0.1, -0.05) is 0 Å². The summed E-state index contributed by atoms with van der Waals surface area (Å²) in [5, 5.41) is 0. The number of nitrogens with zero attached hydrogens (tertiary/aromatic N) is 1. The summed E-state index contributed by atoms with van der Waals surface area (Å²) in [4.78, 5) is 2.13. The number of rotatable bonds is 4. The van der Waals surface area contributed by atoms with E-state index in [-0.39, 0.29) is 6.42 Å². The average Bonchev–Trinajstić information content (AvgIpc) is 2.17. The lowest BCUT2D eigenvalue weighted by molar-refractivity contribution is -0.136. The summed E-state index contributed by atoms with van der Waals surface area (Å²) in [7, 11) is 0. The van der Waals surface area contributed by atoms with E-state index in [4.69, 9.17) is 0 Å². The van der Waals surface area contributed by atoms with Crippen LogP contribution in [0.15, 0.2) is 0 Å². The van der Waals surface area contributed by atoms with Crippen molar-refractivity contribution in [3.63, 3.8) is 0 Å². The molecular formula is C10H18F3NS. The van der Waals surface area contributed by atoms with E-state index in [2.05, 4.69) is 17.5 Å². The lowest BCUT2D eigenvalue weighted by Gasteiger charge is -2.31. The van der Waals surface area contributed by atoms with Gasteiger partial charge in [-0.25, -0.2) is 0 Å². The van der Waals surface area contributed by atoms with Gasteiger partial charge in [0.15, 0.2) is 0 Å². The van der Waals surface area contributed by atoms with Crippen LogP contribution in [0, 0.1) is 5.92 Å². The molecule has 1 aliphatic heterocycles. The molecule has 5 heteroatoms. The minimum atomic E-state index is -4.00. The summed E-state index contributed by atoms with van der Waals surface area (Å²) < 4.78 is 35.7. The van der Waals surface area contributed by atoms with E-state index in [1.807, 2.05) is 0 Å². The highest BCUT2D eigenvalue weighted by Crippen LogP contribution is 2.23. The molecule has 0 saturated carbocycles. The minimum absolute atomic E-state index is 0.231. The van der Waals surface area contributed by atoms with Crippen LogP contribution in [0.2, 0.25) is 0 Å². The second-order valence-electron chi connectivity index (χ2n) is 4.19. The number of piperidine rings is 1. The Morgan fingerprint density at radius 1 is 1.20 bits per heavy atom. The Morgan fingerprint density at radius 2 is 1.80 bits per heavy atom. The molecule has 0 aromatic carbocycles. The van der Waals surface area contributed by atoms with Crippen molar-refractivity contribution in [1.82, 2.24) is 4.90 Å². The fraction of sp³-hybridized carbons (Fsp3) is 1.00. The Hall–Kier alpha value is 0.100. The van der Waals surface area contributed by atoms with E-state index in [9.17, 15) is 13.2 Å². The van der Waals surface area contributed by atoms with Gasteiger partial charge in [0.1, 0.15) is 0 Å². The zero-order valence-corrected chi connectivity index (χ0v) is 9.66. The Bertz CT molecular complexity index is 176. The number of thiol groups is 1. The highest BCUT2D eigenvalue weighted by atomic mass is 32.1. The first kappa shape index (κ1) is 13.2. The van der Waals surface area contributed by atoms with E-state index in [0.717, 1.165) is 31.7 Å². The van der Waals surface area contributed by atoms with Gasteiger partial charge in [0.2, 0.25) is 0 Å². The van der Waals surface area contributed by atoms with Crippen molar-refractivity contribution < 1.29 is 13.2 Å². The lowest BCUT2D eigenvalue weighted by atomic mass is 9.99. The lowest BCUT2D eigenvalue weighted by Crippen LogP contribution is -2.35. The van der Waals surface area contributed by atoms with E-state index < -0.39 is 12.6 Å². The van der Waals surface area contributed by atoms with Crippen molar-refractivity contribution in [1.29, 1.82) is 0 Å². The molecule has 1 heterocycles. The molecule has 0 aliphatic carbocycles. The highest BCUT2D eigenvalue weighted by Gasteiger charge is 2.27. The van der Waals surface area contributed by atoms with Crippen LogP contribution in [0.5, 0.6) is 0 Å². The zero-order chi connectivity index (χ0) is 11.3. The molecule has 0 bridgehead atoms. The molecule has 0 unspecified atom stereocenters. The van der Waals surface area contributed by atoms with Crippen LogP contribution in [0.1, 0.15) is 25.7 Å². The van der Waals surface area contributed by atoms with Crippen LogP contribution in [0.25, 0.3) is 0 Å². The molecule has 1 aliphatic rings. The van der Waals surface area contributed by atoms with Crippen LogP contribution < -0.4 is 0 Å². The third kappa shape index (κ3) is 5.66. The summed E-state index contributed by atoms with van der Waals surface area (Å²) in [6.45, 7) is 2.45. The van der Waals surface area contributed by atoms with Crippen LogP contribution in [0.3, 0.4) is 0 Å². The van der Waals surface area contributed by atoms with Gasteiger partial charge < -0.3 is 4.90 Å². The molecular weight excluding hydrogens is 223 g/mol. The molecule has 1 fully saturated rings. The van der Waals surface area contributed by atoms with Crippen molar-refractivity contribution in [2.45, 2.75) is 31.9 Å². The van der Waals surface area contributed by atoms with Gasteiger partial charge in [-0.05, 0) is 50.6 Å². The molecule has 1 saturated heterocycles. The molecule has 0 spiro atoms. The largest absolute Gasteiger partial charge is 0.389 e. The summed E-state index contributed by atoms with van der Waals surface area (Å²) >= 11 is 4.23. The van der Waals surface area contributed by atoms with Gasteiger partial charge in [-0.3, -0.25) is 0 Å². The van der Waals surface area contributed by atoms with Crippen LogP contribution in [-0.4, -0.2) is 36.5 Å². The van der Waals surface area contributed by atoms with Crippen LogP contribution >= 0.6 is 12.6 Å². The molecule has 1 nitrogen and oxygen atoms in total. The van der Waals surface area contributed by atoms with Crippen molar-refractivity contribution in [2.75, 3.05) is 25.4 Å². The molecule has 1 rings (SSSR count). The van der Waals surface area contributed by atoms with Gasteiger partial charge in [0.25, 0.3) is 0 Å². The fourth-order valence-corrected chi connectivity index (χ4v) is 2.26. The number of halogens is 3. The third-order valence-electron chi connectivity index (χ3n) is 2.90. The number of hydrogen-bond acceptors (Lipinski definition) is 2. The molecule has 0 aromatic rings. The molecule has 90 valence electrons. The Labute approximate surface area is 94.4 Å². The SMILES string of the molecule is FC(F)(F)CCCN1CCC(CS)CC1. The number of alkyl halides is 3. The molecule has 0 amide bonds. The van der Waals surface area contributed by atoms with Crippen molar-refractivity contribution in [3.05, 3.63) is 0 Å². The quantitative estimate of drug-likeness (QED) is 0.741. The first-order chi connectivity index (χ1) is 7.01. The van der Waals surface area contributed by atoms with Gasteiger partial charge in [-0.15, -0.1) is 0 Å².